The summed E-state index contributed by atoms with van der Waals surface area (Å²) in [6, 6.07) is 14.8. The molecule has 396 valence electrons. The Morgan fingerprint density at radius 2 is 0.836 bits per heavy atom. The molecule has 0 fully saturated rings. The van der Waals surface area contributed by atoms with Crippen LogP contribution < -0.4 is 54.8 Å². The van der Waals surface area contributed by atoms with E-state index in [1.54, 1.807) is 60.7 Å². The summed E-state index contributed by atoms with van der Waals surface area (Å²) < 4.78 is 0. The molecule has 3 aromatic rings. The molecule has 0 radical (unpaired) electrons. The van der Waals surface area contributed by atoms with E-state index >= 15 is 0 Å². The van der Waals surface area contributed by atoms with Crippen LogP contribution in [0.25, 0.3) is 0 Å². The first-order chi connectivity index (χ1) is 34.8. The number of amides is 9. The van der Waals surface area contributed by atoms with Gasteiger partial charge in [-0.25, -0.2) is 0 Å². The lowest BCUT2D eigenvalue weighted by molar-refractivity contribution is -0.136. The van der Waals surface area contributed by atoms with E-state index in [1.165, 1.54) is 45.9 Å². The quantitative estimate of drug-likeness (QED) is 0.0266. The number of nitrogens with two attached hydrogens (primary N) is 4. The van der Waals surface area contributed by atoms with Crippen LogP contribution in [0.15, 0.2) is 84.9 Å². The number of aromatic hydroxyl groups is 1. The van der Waals surface area contributed by atoms with Gasteiger partial charge in [0.15, 0.2) is 0 Å². The molecule has 0 bridgehead atoms. The van der Waals surface area contributed by atoms with Crippen LogP contribution in [-0.4, -0.2) is 124 Å². The second-order valence-electron chi connectivity index (χ2n) is 16.9. The normalized spacial score (nSPS) is 13.3. The van der Waals surface area contributed by atoms with Gasteiger partial charge in [0, 0.05) is 50.0 Å². The van der Waals surface area contributed by atoms with E-state index in [9.17, 15) is 53.1 Å². The standard InChI is InChI=1S/C49H66N10O12S2/c50-24-8-7-13-35(54-42(63)22-25-72-73-26-23-43(64)65)45(67)57-37(27-30-9-3-1-4-10-30)48(70)58-38(28-31-11-5-2-6-12-31)49(71)59-39(29-32-14-16-33(60)17-15-32)47(69)56-36(19-21-41(52)62)46(68)55-34(44(53)66)18-20-40(51)61/h1-6,9-12,14-17,34-39,60H,7-8,13,18-29,50H2,(H2,51,61)(H2,52,62)(H2,53,66)(H,54,63)(H,55,68)(H,56,69)(H,57,67)(H,58,70)(H,59,71)(H,64,65)/t34-,35-,36-,37-,38-,39-/m0/s1. The molecule has 24 heteroatoms. The first kappa shape index (κ1) is 60.1. The van der Waals surface area contributed by atoms with E-state index in [2.05, 4.69) is 31.9 Å². The average Bonchev–Trinajstić information content (AvgIpc) is 3.35. The second kappa shape index (κ2) is 32.7. The van der Waals surface area contributed by atoms with Gasteiger partial charge in [0.2, 0.25) is 53.2 Å². The van der Waals surface area contributed by atoms with Crippen LogP contribution in [0.2, 0.25) is 0 Å². The van der Waals surface area contributed by atoms with Crippen LogP contribution in [0, 0.1) is 0 Å². The Morgan fingerprint density at radius 1 is 0.452 bits per heavy atom. The van der Waals surface area contributed by atoms with Crippen molar-refractivity contribution in [1.82, 2.24) is 31.9 Å². The third-order valence-electron chi connectivity index (χ3n) is 11.0. The monoisotopic (exact) mass is 1050 g/mol. The molecular formula is C49H66N10O12S2. The van der Waals surface area contributed by atoms with Gasteiger partial charge in [0.05, 0.1) is 6.42 Å². The Balaban J connectivity index is 1.97. The van der Waals surface area contributed by atoms with Gasteiger partial charge in [-0.15, -0.1) is 0 Å². The van der Waals surface area contributed by atoms with E-state index in [-0.39, 0.29) is 63.5 Å². The summed E-state index contributed by atoms with van der Waals surface area (Å²) in [5, 5.41) is 34.8. The minimum Gasteiger partial charge on any atom is -0.508 e. The molecule has 22 nitrogen and oxygen atoms in total. The number of aliphatic carboxylic acids is 1. The molecule has 3 aromatic carbocycles. The minimum absolute atomic E-state index is 0.0246. The highest BCUT2D eigenvalue weighted by Gasteiger charge is 2.34. The maximum atomic E-state index is 14.6. The average molecular weight is 1050 g/mol. The maximum absolute atomic E-state index is 14.6. The first-order valence-electron chi connectivity index (χ1n) is 23.5. The van der Waals surface area contributed by atoms with Crippen molar-refractivity contribution in [3.05, 3.63) is 102 Å². The molecular weight excluding hydrogens is 985 g/mol. The largest absolute Gasteiger partial charge is 0.508 e. The number of phenolic OH excluding ortho intramolecular Hbond substituents is 1. The zero-order valence-corrected chi connectivity index (χ0v) is 41.9. The first-order valence-corrected chi connectivity index (χ1v) is 26.0. The Labute approximate surface area is 430 Å². The predicted molar refractivity (Wildman–Crippen MR) is 274 cm³/mol. The van der Waals surface area contributed by atoms with E-state index in [0.29, 0.717) is 47.6 Å². The summed E-state index contributed by atoms with van der Waals surface area (Å²) >= 11 is 0. The van der Waals surface area contributed by atoms with Crippen molar-refractivity contribution >= 4 is 80.7 Å². The fraction of sp³-hybridized carbons (Fsp3) is 0.429. The zero-order valence-electron chi connectivity index (χ0n) is 40.3. The molecule has 0 aromatic heterocycles. The van der Waals surface area contributed by atoms with Crippen molar-refractivity contribution in [3.63, 3.8) is 0 Å². The Bertz CT molecular complexity index is 2320. The van der Waals surface area contributed by atoms with E-state index < -0.39 is 102 Å². The van der Waals surface area contributed by atoms with E-state index in [4.69, 9.17) is 28.0 Å². The SMILES string of the molecule is NCCCC[C@H](NC(=O)CCSSCCC(=O)O)C(=O)N[C@@H](Cc1ccccc1)C(=O)N[C@@H](Cc1ccccc1)C(=O)N[C@@H](Cc1ccc(O)cc1)C(=O)N[C@@H](CCC(N)=O)C(=O)N[C@@H](CCC(N)=O)C(N)=O. The highest BCUT2D eigenvalue weighted by Crippen LogP contribution is 2.23. The van der Waals surface area contributed by atoms with Crippen LogP contribution in [0.4, 0.5) is 0 Å². The number of unbranched alkanes of at least 4 members (excludes halogenated alkanes) is 1. The van der Waals surface area contributed by atoms with Crippen LogP contribution in [-0.2, 0) is 67.2 Å². The van der Waals surface area contributed by atoms with Gasteiger partial charge in [0.25, 0.3) is 0 Å². The van der Waals surface area contributed by atoms with Gasteiger partial charge >= 0.3 is 5.97 Å². The topological polar surface area (TPSA) is 387 Å². The van der Waals surface area contributed by atoms with Gasteiger partial charge in [0.1, 0.15) is 42.0 Å². The van der Waals surface area contributed by atoms with Crippen LogP contribution in [0.5, 0.6) is 5.75 Å². The molecule has 0 spiro atoms. The molecule has 0 saturated carbocycles. The summed E-state index contributed by atoms with van der Waals surface area (Å²) in [6.07, 6.45) is -0.566. The van der Waals surface area contributed by atoms with Crippen molar-refractivity contribution < 1.29 is 58.2 Å². The van der Waals surface area contributed by atoms with Crippen molar-refractivity contribution in [3.8, 4) is 5.75 Å². The van der Waals surface area contributed by atoms with Gasteiger partial charge in [-0.05, 0) is 67.5 Å². The Hall–Kier alpha value is -7.18. The molecule has 9 amide bonds. The number of hydrogen-bond donors (Lipinski definition) is 12. The lowest BCUT2D eigenvalue weighted by Gasteiger charge is -2.28. The second-order valence-corrected chi connectivity index (χ2v) is 19.6. The number of nitrogens with one attached hydrogen (secondary N) is 6. The number of rotatable bonds is 35. The Morgan fingerprint density at radius 3 is 1.26 bits per heavy atom. The molecule has 0 aliphatic carbocycles. The molecule has 6 atom stereocenters. The lowest BCUT2D eigenvalue weighted by Crippen LogP contribution is -2.60. The summed E-state index contributed by atoms with van der Waals surface area (Å²) in [7, 11) is 2.63. The van der Waals surface area contributed by atoms with Gasteiger partial charge in [-0.3, -0.25) is 47.9 Å². The van der Waals surface area contributed by atoms with Crippen molar-refractivity contribution in [2.75, 3.05) is 18.1 Å². The molecule has 0 heterocycles. The maximum Gasteiger partial charge on any atom is 0.304 e. The number of carbonyl (C=O) groups excluding carboxylic acids is 9. The Kier molecular flexibility index (Phi) is 27.0. The molecule has 16 N–H and O–H groups in total. The predicted octanol–water partition coefficient (Wildman–Crippen LogP) is -0.280. The highest BCUT2D eigenvalue weighted by molar-refractivity contribution is 8.76. The molecule has 0 aliphatic rings. The molecule has 73 heavy (non-hydrogen) atoms. The number of carboxylic acid groups (broad SMARTS) is 1. The summed E-state index contributed by atoms with van der Waals surface area (Å²) in [6.45, 7) is 0.329. The number of carboxylic acids is 1. The number of primary amides is 3. The van der Waals surface area contributed by atoms with Crippen LogP contribution in [0.1, 0.15) is 74.5 Å². The van der Waals surface area contributed by atoms with Crippen LogP contribution in [0.3, 0.4) is 0 Å². The van der Waals surface area contributed by atoms with Crippen molar-refractivity contribution in [2.45, 2.75) is 113 Å². The number of carbonyl (C=O) groups is 10. The zero-order chi connectivity index (χ0) is 53.7. The van der Waals surface area contributed by atoms with Gasteiger partial charge < -0.3 is 65.0 Å². The van der Waals surface area contributed by atoms with Crippen molar-refractivity contribution in [2.24, 2.45) is 22.9 Å². The summed E-state index contributed by atoms with van der Waals surface area (Å²) in [4.78, 5) is 131. The van der Waals surface area contributed by atoms with E-state index in [1.807, 2.05) is 0 Å². The fourth-order valence-electron chi connectivity index (χ4n) is 7.09. The fourth-order valence-corrected chi connectivity index (χ4v) is 9.06. The van der Waals surface area contributed by atoms with Crippen molar-refractivity contribution in [1.29, 1.82) is 0 Å². The van der Waals surface area contributed by atoms with Gasteiger partial charge in [-0.2, -0.15) is 0 Å². The summed E-state index contributed by atoms with van der Waals surface area (Å²) in [5.74, 6) is -7.64. The third kappa shape index (κ3) is 24.2. The van der Waals surface area contributed by atoms with Crippen LogP contribution >= 0.6 is 21.6 Å². The molecule has 3 rings (SSSR count). The number of benzene rings is 3. The number of phenols is 1. The summed E-state index contributed by atoms with van der Waals surface area (Å²) in [5.41, 5.74) is 23.5. The lowest BCUT2D eigenvalue weighted by atomic mass is 10.00. The third-order valence-corrected chi connectivity index (χ3v) is 13.4. The molecule has 0 aliphatic heterocycles. The molecule has 0 unspecified atom stereocenters. The highest BCUT2D eigenvalue weighted by atomic mass is 33.1. The smallest absolute Gasteiger partial charge is 0.304 e. The number of hydrogen-bond acceptors (Lipinski definition) is 14. The molecule has 0 saturated heterocycles. The van der Waals surface area contributed by atoms with E-state index in [0.717, 1.165) is 0 Å². The van der Waals surface area contributed by atoms with Gasteiger partial charge in [-0.1, -0.05) is 94.4 Å². The minimum atomic E-state index is -1.53.